The van der Waals surface area contributed by atoms with Crippen LogP contribution >= 0.6 is 0 Å². The molecule has 2 saturated carbocycles. The maximum Gasteiger partial charge on any atom is 0.187 e. The Bertz CT molecular complexity index is 870. The summed E-state index contributed by atoms with van der Waals surface area (Å²) >= 11 is 0. The molecule has 1 N–H and O–H groups in total. The molecule has 0 radical (unpaired) electrons. The van der Waals surface area contributed by atoms with E-state index in [1.807, 2.05) is 0 Å². The summed E-state index contributed by atoms with van der Waals surface area (Å²) in [5, 5.41) is 11.3. The molecule has 0 amide bonds. The molecule has 0 aromatic heterocycles. The highest BCUT2D eigenvalue weighted by molar-refractivity contribution is 6.03. The molecule has 0 spiro atoms. The molecule has 0 aromatic carbocycles. The Hall–Kier alpha value is -1.88. The average molecular weight is 372 g/mol. The van der Waals surface area contributed by atoms with Crippen molar-refractivity contribution in [3.8, 4) is 0 Å². The second-order valence-electron chi connectivity index (χ2n) is 9.22. The van der Waals surface area contributed by atoms with Crippen molar-refractivity contribution in [1.29, 1.82) is 0 Å². The molecule has 4 aliphatic carbocycles. The molecule has 0 unspecified atom stereocenters. The van der Waals surface area contributed by atoms with Crippen molar-refractivity contribution in [3.63, 3.8) is 0 Å². The van der Waals surface area contributed by atoms with Crippen LogP contribution in [0.15, 0.2) is 36.0 Å². The van der Waals surface area contributed by atoms with Gasteiger partial charge in [-0.25, -0.2) is 4.39 Å². The molecule has 0 saturated heterocycles. The molecule has 0 heterocycles. The number of carbonyl (C=O) groups excluding carboxylic acids is 3. The van der Waals surface area contributed by atoms with Gasteiger partial charge in [-0.3, -0.25) is 14.4 Å². The van der Waals surface area contributed by atoms with Crippen LogP contribution < -0.4 is 0 Å². The second-order valence-corrected chi connectivity index (χ2v) is 9.22. The molecule has 2 fully saturated rings. The second kappa shape index (κ2) is 5.13. The monoisotopic (exact) mass is 372 g/mol. The number of Topliss-reactive ketones (excluding diaryl/α,β-unsaturated/α-hetero) is 2. The van der Waals surface area contributed by atoms with Crippen molar-refractivity contribution >= 4 is 17.3 Å². The molecule has 4 aliphatic rings. The molecule has 0 bridgehead atoms. The van der Waals surface area contributed by atoms with E-state index in [1.54, 1.807) is 32.9 Å². The van der Waals surface area contributed by atoms with Gasteiger partial charge < -0.3 is 5.11 Å². The van der Waals surface area contributed by atoms with Gasteiger partial charge in [0.1, 0.15) is 5.60 Å². The van der Waals surface area contributed by atoms with Gasteiger partial charge in [-0.15, -0.1) is 0 Å². The first-order chi connectivity index (χ1) is 12.4. The van der Waals surface area contributed by atoms with Gasteiger partial charge in [-0.05, 0) is 49.8 Å². The van der Waals surface area contributed by atoms with Gasteiger partial charge in [0, 0.05) is 17.8 Å². The fourth-order valence-corrected chi connectivity index (χ4v) is 6.50. The zero-order valence-electron chi connectivity index (χ0n) is 16.1. The van der Waals surface area contributed by atoms with Crippen molar-refractivity contribution in [1.82, 2.24) is 0 Å². The molecule has 27 heavy (non-hydrogen) atoms. The van der Waals surface area contributed by atoms with Gasteiger partial charge in [0.15, 0.2) is 23.0 Å². The summed E-state index contributed by atoms with van der Waals surface area (Å²) in [6.45, 7) is 6.56. The third-order valence-electron chi connectivity index (χ3n) is 8.09. The fraction of sp³-hybridized carbons (Fsp3) is 0.591. The van der Waals surface area contributed by atoms with E-state index >= 15 is 4.39 Å². The van der Waals surface area contributed by atoms with Gasteiger partial charge in [-0.2, -0.15) is 0 Å². The van der Waals surface area contributed by atoms with Crippen molar-refractivity contribution < 1.29 is 23.9 Å². The van der Waals surface area contributed by atoms with Gasteiger partial charge in [0.05, 0.1) is 5.41 Å². The first-order valence-corrected chi connectivity index (χ1v) is 9.52. The number of fused-ring (bicyclic) bond motifs is 5. The smallest absolute Gasteiger partial charge is 0.187 e. The van der Waals surface area contributed by atoms with E-state index in [2.05, 4.69) is 0 Å². The quantitative estimate of drug-likeness (QED) is 0.768. The Balaban J connectivity index is 1.92. The first kappa shape index (κ1) is 18.5. The van der Waals surface area contributed by atoms with E-state index in [4.69, 9.17) is 0 Å². The number of hydrogen-bond donors (Lipinski definition) is 1. The van der Waals surface area contributed by atoms with Crippen LogP contribution in [0, 0.1) is 28.6 Å². The highest BCUT2D eigenvalue weighted by Crippen LogP contribution is 2.68. The first-order valence-electron chi connectivity index (χ1n) is 9.52. The number of halogens is 1. The molecule has 7 atom stereocenters. The minimum atomic E-state index is -2.20. The van der Waals surface area contributed by atoms with Gasteiger partial charge in [0.25, 0.3) is 0 Å². The van der Waals surface area contributed by atoms with Crippen LogP contribution in [0.25, 0.3) is 0 Å². The molecule has 144 valence electrons. The molecule has 0 aliphatic heterocycles. The molecular weight excluding hydrogens is 347 g/mol. The number of aliphatic hydroxyl groups is 1. The van der Waals surface area contributed by atoms with Crippen LogP contribution in [0.2, 0.25) is 0 Å². The molecular formula is C22H25FO4. The van der Waals surface area contributed by atoms with E-state index in [0.29, 0.717) is 12.0 Å². The lowest BCUT2D eigenvalue weighted by Gasteiger charge is -2.57. The minimum absolute atomic E-state index is 0.191. The van der Waals surface area contributed by atoms with Crippen molar-refractivity contribution in [2.24, 2.45) is 28.6 Å². The highest BCUT2D eigenvalue weighted by Gasteiger charge is 2.74. The van der Waals surface area contributed by atoms with Gasteiger partial charge in [-0.1, -0.05) is 32.1 Å². The van der Waals surface area contributed by atoms with E-state index in [9.17, 15) is 19.5 Å². The van der Waals surface area contributed by atoms with Crippen LogP contribution in [0.1, 0.15) is 40.5 Å². The maximum absolute atomic E-state index is 16.7. The molecule has 4 rings (SSSR count). The van der Waals surface area contributed by atoms with Crippen LogP contribution in [-0.4, -0.2) is 33.7 Å². The summed E-state index contributed by atoms with van der Waals surface area (Å²) in [6.07, 6.45) is 7.92. The van der Waals surface area contributed by atoms with Crippen molar-refractivity contribution in [2.75, 3.05) is 0 Å². The normalized spacial score (nSPS) is 50.7. The Kier molecular flexibility index (Phi) is 3.51. The van der Waals surface area contributed by atoms with Gasteiger partial charge >= 0.3 is 0 Å². The Morgan fingerprint density at radius 3 is 2.56 bits per heavy atom. The number of alkyl halides is 1. The van der Waals surface area contributed by atoms with E-state index in [-0.39, 0.29) is 29.8 Å². The highest BCUT2D eigenvalue weighted by atomic mass is 19.1. The molecule has 0 aromatic rings. The Labute approximate surface area is 158 Å². The summed E-state index contributed by atoms with van der Waals surface area (Å²) < 4.78 is 16.7. The summed E-state index contributed by atoms with van der Waals surface area (Å²) in [5.74, 6) is -2.64. The Morgan fingerprint density at radius 1 is 1.26 bits per heavy atom. The van der Waals surface area contributed by atoms with E-state index in [1.165, 1.54) is 25.2 Å². The van der Waals surface area contributed by atoms with Crippen LogP contribution in [0.3, 0.4) is 0 Å². The molecule has 5 heteroatoms. The number of rotatable bonds is 1. The Morgan fingerprint density at radius 2 is 1.93 bits per heavy atom. The van der Waals surface area contributed by atoms with Crippen LogP contribution in [0.5, 0.6) is 0 Å². The molecule has 4 nitrogen and oxygen atoms in total. The number of carbonyl (C=O) groups is 3. The lowest BCUT2D eigenvalue weighted by Crippen LogP contribution is -2.66. The SMILES string of the molecule is CC(=O)[C@@]1(O)[C@H](C)C[C@H]2[C@@H]3C=CC4=CC(=O)C=C[C@]4(C)[C@@]3(F)C(=O)C[C@@]21C. The van der Waals surface area contributed by atoms with Gasteiger partial charge in [0.2, 0.25) is 0 Å². The third-order valence-corrected chi connectivity index (χ3v) is 8.09. The summed E-state index contributed by atoms with van der Waals surface area (Å²) in [7, 11) is 0. The van der Waals surface area contributed by atoms with Crippen LogP contribution in [-0.2, 0) is 14.4 Å². The van der Waals surface area contributed by atoms with Crippen molar-refractivity contribution in [3.05, 3.63) is 36.0 Å². The largest absolute Gasteiger partial charge is 0.381 e. The summed E-state index contributed by atoms with van der Waals surface area (Å²) in [4.78, 5) is 37.4. The summed E-state index contributed by atoms with van der Waals surface area (Å²) in [5.41, 5.74) is -5.57. The topological polar surface area (TPSA) is 71.4 Å². The van der Waals surface area contributed by atoms with E-state index < -0.39 is 33.8 Å². The maximum atomic E-state index is 16.7. The van der Waals surface area contributed by atoms with Crippen LogP contribution in [0.4, 0.5) is 4.39 Å². The number of allylic oxidation sites excluding steroid dienone is 6. The average Bonchev–Trinajstić information content (AvgIpc) is 2.79. The lowest BCUT2D eigenvalue weighted by molar-refractivity contribution is -0.178. The fourth-order valence-electron chi connectivity index (χ4n) is 6.50. The number of ketones is 3. The van der Waals surface area contributed by atoms with Crippen molar-refractivity contribution in [2.45, 2.75) is 51.8 Å². The summed E-state index contributed by atoms with van der Waals surface area (Å²) in [6, 6.07) is 0. The standard InChI is InChI=1S/C22H25FO4/c1-12-9-17-16-6-5-14-10-15(25)7-8-19(14,3)21(16,23)18(26)11-20(17,4)22(12,27)13(2)24/h5-8,10,12,16-17,27H,9,11H2,1-4H3/t12-,16+,17+,19+,20+,21+,22+/m1/s1. The number of hydrogen-bond acceptors (Lipinski definition) is 4. The predicted molar refractivity (Wildman–Crippen MR) is 97.4 cm³/mol. The third kappa shape index (κ3) is 1.84. The zero-order chi connectivity index (χ0) is 20.0. The predicted octanol–water partition coefficient (Wildman–Crippen LogP) is 2.91. The van der Waals surface area contributed by atoms with E-state index in [0.717, 1.165) is 0 Å². The minimum Gasteiger partial charge on any atom is -0.381 e. The zero-order valence-corrected chi connectivity index (χ0v) is 16.1. The lowest BCUT2D eigenvalue weighted by atomic mass is 9.47.